The zero-order valence-electron chi connectivity index (χ0n) is 16.4. The Labute approximate surface area is 169 Å². The number of aromatic nitrogens is 2. The molecule has 0 spiro atoms. The molecule has 146 valence electrons. The third-order valence-electron chi connectivity index (χ3n) is 4.55. The van der Waals surface area contributed by atoms with Crippen LogP contribution in [-0.4, -0.2) is 20.7 Å². The summed E-state index contributed by atoms with van der Waals surface area (Å²) in [5.74, 6) is -0.111. The average Bonchev–Trinajstić information content (AvgIpc) is 2.71. The van der Waals surface area contributed by atoms with Crippen LogP contribution in [0.4, 0.5) is 5.69 Å². The molecule has 5 nitrogen and oxygen atoms in total. The molecule has 1 amide bonds. The first kappa shape index (κ1) is 20.1. The number of hydrogen-bond acceptors (Lipinski definition) is 4. The molecule has 0 saturated carbocycles. The third kappa shape index (κ3) is 4.44. The monoisotopic (exact) mass is 395 g/mol. The summed E-state index contributed by atoms with van der Waals surface area (Å²) >= 11 is 1.31. The summed E-state index contributed by atoms with van der Waals surface area (Å²) in [5.41, 5.74) is 2.60. The first-order valence-electron chi connectivity index (χ1n) is 9.59. The largest absolute Gasteiger partial charge is 0.325 e. The van der Waals surface area contributed by atoms with Gasteiger partial charge in [0.25, 0.3) is 5.56 Å². The van der Waals surface area contributed by atoms with E-state index >= 15 is 0 Å². The fourth-order valence-corrected chi connectivity index (χ4v) is 3.87. The van der Waals surface area contributed by atoms with Crippen LogP contribution < -0.4 is 10.9 Å². The van der Waals surface area contributed by atoms with Gasteiger partial charge in [0.15, 0.2) is 5.16 Å². The van der Waals surface area contributed by atoms with Gasteiger partial charge < -0.3 is 5.32 Å². The smallest absolute Gasteiger partial charge is 0.262 e. The van der Waals surface area contributed by atoms with Crippen molar-refractivity contribution in [3.63, 3.8) is 0 Å². The number of amides is 1. The first-order valence-corrected chi connectivity index (χ1v) is 10.5. The summed E-state index contributed by atoms with van der Waals surface area (Å²) in [5, 5.41) is 3.74. The zero-order chi connectivity index (χ0) is 20.1. The van der Waals surface area contributed by atoms with Crippen molar-refractivity contribution < 1.29 is 4.79 Å². The number of hydrogen-bond donors (Lipinski definition) is 1. The number of rotatable bonds is 7. The van der Waals surface area contributed by atoms with Crippen molar-refractivity contribution in [1.29, 1.82) is 0 Å². The number of fused-ring (bicyclic) bond motifs is 1. The zero-order valence-corrected chi connectivity index (χ0v) is 17.3. The van der Waals surface area contributed by atoms with Crippen LogP contribution in [0.1, 0.15) is 32.8 Å². The average molecular weight is 396 g/mol. The summed E-state index contributed by atoms with van der Waals surface area (Å²) < 4.78 is 1.67. The molecule has 28 heavy (non-hydrogen) atoms. The molecule has 0 bridgehead atoms. The van der Waals surface area contributed by atoms with Crippen LogP contribution >= 0.6 is 11.8 Å². The van der Waals surface area contributed by atoms with Gasteiger partial charge in [-0.25, -0.2) is 4.98 Å². The highest BCUT2D eigenvalue weighted by Gasteiger charge is 2.19. The van der Waals surface area contributed by atoms with E-state index in [1.807, 2.05) is 56.3 Å². The topological polar surface area (TPSA) is 64.0 Å². The van der Waals surface area contributed by atoms with Crippen LogP contribution in [0.25, 0.3) is 10.9 Å². The Bertz CT molecular complexity index is 1030. The third-order valence-corrected chi connectivity index (χ3v) is 5.65. The van der Waals surface area contributed by atoms with Gasteiger partial charge in [0.1, 0.15) is 0 Å². The maximum absolute atomic E-state index is 12.9. The van der Waals surface area contributed by atoms with Crippen molar-refractivity contribution in [3.8, 4) is 0 Å². The number of carbonyl (C=O) groups is 1. The lowest BCUT2D eigenvalue weighted by atomic mass is 10.1. The van der Waals surface area contributed by atoms with E-state index < -0.39 is 0 Å². The number of nitrogens with zero attached hydrogens (tertiary/aromatic N) is 2. The van der Waals surface area contributed by atoms with Gasteiger partial charge in [0, 0.05) is 12.2 Å². The molecule has 0 radical (unpaired) electrons. The van der Waals surface area contributed by atoms with Gasteiger partial charge in [-0.05, 0) is 49.6 Å². The van der Waals surface area contributed by atoms with Crippen molar-refractivity contribution in [2.45, 2.75) is 50.6 Å². The Kier molecular flexibility index (Phi) is 6.52. The highest BCUT2D eigenvalue weighted by atomic mass is 32.2. The molecule has 1 heterocycles. The minimum absolute atomic E-state index is 0.0577. The molecule has 3 rings (SSSR count). The molecule has 1 atom stereocenters. The molecular weight excluding hydrogens is 370 g/mol. The number of carbonyl (C=O) groups excluding carboxylic acids is 1. The van der Waals surface area contributed by atoms with Gasteiger partial charge in [0.05, 0.1) is 16.2 Å². The van der Waals surface area contributed by atoms with Crippen LogP contribution in [0, 0.1) is 0 Å². The lowest BCUT2D eigenvalue weighted by Gasteiger charge is -2.16. The van der Waals surface area contributed by atoms with Gasteiger partial charge in [-0.3, -0.25) is 14.2 Å². The predicted molar refractivity (Wildman–Crippen MR) is 116 cm³/mol. The number of aryl methyl sites for hydroxylation is 1. The molecule has 0 saturated heterocycles. The highest BCUT2D eigenvalue weighted by molar-refractivity contribution is 8.00. The van der Waals surface area contributed by atoms with Crippen molar-refractivity contribution in [1.82, 2.24) is 9.55 Å². The van der Waals surface area contributed by atoms with Gasteiger partial charge in [0.2, 0.25) is 5.91 Å². The van der Waals surface area contributed by atoms with Crippen molar-refractivity contribution >= 4 is 34.3 Å². The normalized spacial score (nSPS) is 12.1. The van der Waals surface area contributed by atoms with Gasteiger partial charge in [-0.15, -0.1) is 0 Å². The quantitative estimate of drug-likeness (QED) is 0.473. The number of anilines is 1. The van der Waals surface area contributed by atoms with Crippen LogP contribution in [-0.2, 0) is 17.8 Å². The minimum atomic E-state index is -0.387. The van der Waals surface area contributed by atoms with E-state index in [-0.39, 0.29) is 16.7 Å². The molecule has 0 fully saturated rings. The number of para-hydroxylation sites is 1. The molecule has 3 aromatic rings. The fraction of sp³-hybridized carbons (Fsp3) is 0.318. The van der Waals surface area contributed by atoms with Gasteiger partial charge in [-0.1, -0.05) is 49.9 Å². The van der Waals surface area contributed by atoms with Crippen LogP contribution in [0.5, 0.6) is 0 Å². The van der Waals surface area contributed by atoms with E-state index in [2.05, 4.69) is 17.2 Å². The lowest BCUT2D eigenvalue weighted by molar-refractivity contribution is -0.115. The molecule has 2 aromatic carbocycles. The predicted octanol–water partition coefficient (Wildman–Crippen LogP) is 4.49. The summed E-state index contributed by atoms with van der Waals surface area (Å²) in [6.07, 6.45) is 1.78. The minimum Gasteiger partial charge on any atom is -0.325 e. The highest BCUT2D eigenvalue weighted by Crippen LogP contribution is 2.24. The van der Waals surface area contributed by atoms with Crippen molar-refractivity contribution in [2.24, 2.45) is 0 Å². The molecule has 0 unspecified atom stereocenters. The van der Waals surface area contributed by atoms with E-state index in [1.54, 1.807) is 10.6 Å². The van der Waals surface area contributed by atoms with Crippen LogP contribution in [0.15, 0.2) is 58.5 Å². The molecule has 0 aliphatic rings. The molecule has 1 aromatic heterocycles. The molecule has 1 N–H and O–H groups in total. The van der Waals surface area contributed by atoms with Crippen LogP contribution in [0.2, 0.25) is 0 Å². The van der Waals surface area contributed by atoms with Crippen LogP contribution in [0.3, 0.4) is 0 Å². The Morgan fingerprint density at radius 2 is 1.86 bits per heavy atom. The second kappa shape index (κ2) is 9.06. The molecule has 6 heteroatoms. The number of thioether (sulfide) groups is 1. The standard InChI is InChI=1S/C22H25N3O2S/c1-4-14-25-21(27)18-8-6-7-9-19(18)24-22(25)28-15(3)20(26)23-17-12-10-16(5-2)11-13-17/h6-13,15H,4-5,14H2,1-3H3,(H,23,26)/t15-/m1/s1. The van der Waals surface area contributed by atoms with E-state index in [0.717, 1.165) is 18.5 Å². The summed E-state index contributed by atoms with van der Waals surface area (Å²) in [6.45, 7) is 6.52. The maximum atomic E-state index is 12.9. The maximum Gasteiger partial charge on any atom is 0.262 e. The van der Waals surface area contributed by atoms with E-state index in [1.165, 1.54) is 17.3 Å². The lowest BCUT2D eigenvalue weighted by Crippen LogP contribution is -2.27. The Hall–Kier alpha value is -2.60. The van der Waals surface area contributed by atoms with Gasteiger partial charge in [-0.2, -0.15) is 0 Å². The second-order valence-corrected chi connectivity index (χ2v) is 7.98. The second-order valence-electron chi connectivity index (χ2n) is 6.67. The van der Waals surface area contributed by atoms with Crippen molar-refractivity contribution in [2.75, 3.05) is 5.32 Å². The van der Waals surface area contributed by atoms with Gasteiger partial charge >= 0.3 is 0 Å². The Morgan fingerprint density at radius 3 is 2.54 bits per heavy atom. The fourth-order valence-electron chi connectivity index (χ4n) is 2.94. The molecular formula is C22H25N3O2S. The number of nitrogens with one attached hydrogen (secondary N) is 1. The van der Waals surface area contributed by atoms with Crippen molar-refractivity contribution in [3.05, 3.63) is 64.4 Å². The Balaban J connectivity index is 1.82. The summed E-state index contributed by atoms with van der Waals surface area (Å²) in [7, 11) is 0. The van der Waals surface area contributed by atoms with E-state index in [4.69, 9.17) is 0 Å². The molecule has 0 aliphatic heterocycles. The first-order chi connectivity index (χ1) is 13.5. The summed E-state index contributed by atoms with van der Waals surface area (Å²) in [6, 6.07) is 15.2. The SMILES string of the molecule is CCCn1c(S[C@H](C)C(=O)Nc2ccc(CC)cc2)nc2ccccc2c1=O. The van der Waals surface area contributed by atoms with E-state index in [9.17, 15) is 9.59 Å². The molecule has 0 aliphatic carbocycles. The number of benzene rings is 2. The van der Waals surface area contributed by atoms with E-state index in [0.29, 0.717) is 22.6 Å². The summed E-state index contributed by atoms with van der Waals surface area (Å²) in [4.78, 5) is 30.1. The Morgan fingerprint density at radius 1 is 1.14 bits per heavy atom.